The highest BCUT2D eigenvalue weighted by Crippen LogP contribution is 2.26. The number of amides is 1. The molecule has 0 saturated carbocycles. The second kappa shape index (κ2) is 6.06. The maximum atomic E-state index is 12.2. The third-order valence-electron chi connectivity index (χ3n) is 3.04. The lowest BCUT2D eigenvalue weighted by molar-refractivity contribution is 0.102. The van der Waals surface area contributed by atoms with Crippen molar-refractivity contribution in [1.82, 2.24) is 10.2 Å². The molecule has 8 heteroatoms. The Morgan fingerprint density at radius 3 is 2.35 bits per heavy atom. The molecular formula is C15H11Cl2N3O3. The van der Waals surface area contributed by atoms with E-state index in [2.05, 4.69) is 15.5 Å². The van der Waals surface area contributed by atoms with Crippen LogP contribution in [0.4, 0.5) is 6.01 Å². The molecule has 23 heavy (non-hydrogen) atoms. The third kappa shape index (κ3) is 3.38. The summed E-state index contributed by atoms with van der Waals surface area (Å²) in [6, 6.07) is 6.27. The molecule has 0 radical (unpaired) electrons. The van der Waals surface area contributed by atoms with Gasteiger partial charge in [0.1, 0.15) is 11.5 Å². The molecule has 0 aliphatic heterocycles. The molecule has 0 unspecified atom stereocenters. The summed E-state index contributed by atoms with van der Waals surface area (Å²) in [6.45, 7) is 3.61. The first-order valence-corrected chi connectivity index (χ1v) is 7.36. The summed E-state index contributed by atoms with van der Waals surface area (Å²) in [5.41, 5.74) is 0.971. The summed E-state index contributed by atoms with van der Waals surface area (Å²) in [4.78, 5) is 12.2. The van der Waals surface area contributed by atoms with E-state index in [4.69, 9.17) is 32.0 Å². The number of carbonyl (C=O) groups is 1. The number of benzene rings is 1. The Hall–Kier alpha value is -2.31. The van der Waals surface area contributed by atoms with Gasteiger partial charge in [-0.15, -0.1) is 5.10 Å². The Morgan fingerprint density at radius 1 is 1.04 bits per heavy atom. The van der Waals surface area contributed by atoms with Crippen LogP contribution in [0.3, 0.4) is 0 Å². The van der Waals surface area contributed by atoms with Gasteiger partial charge >= 0.3 is 6.01 Å². The Labute approximate surface area is 141 Å². The summed E-state index contributed by atoms with van der Waals surface area (Å²) in [5.74, 6) is 1.20. The van der Waals surface area contributed by atoms with Crippen molar-refractivity contribution in [2.75, 3.05) is 5.32 Å². The van der Waals surface area contributed by atoms with Crippen LogP contribution < -0.4 is 5.32 Å². The van der Waals surface area contributed by atoms with Gasteiger partial charge in [0, 0.05) is 15.6 Å². The van der Waals surface area contributed by atoms with Crippen LogP contribution in [0.15, 0.2) is 33.1 Å². The summed E-state index contributed by atoms with van der Waals surface area (Å²) in [6.07, 6.45) is 0. The minimum atomic E-state index is -0.454. The highest BCUT2D eigenvalue weighted by atomic mass is 35.5. The summed E-state index contributed by atoms with van der Waals surface area (Å²) in [7, 11) is 0. The molecule has 3 aromatic rings. The molecule has 118 valence electrons. The van der Waals surface area contributed by atoms with Crippen molar-refractivity contribution < 1.29 is 13.6 Å². The molecule has 6 nitrogen and oxygen atoms in total. The van der Waals surface area contributed by atoms with E-state index in [9.17, 15) is 4.79 Å². The second-order valence-corrected chi connectivity index (χ2v) is 5.72. The molecule has 2 aromatic heterocycles. The molecule has 0 bridgehead atoms. The number of nitrogens with zero attached hydrogens (tertiary/aromatic N) is 2. The molecule has 0 saturated heterocycles. The van der Waals surface area contributed by atoms with Gasteiger partial charge in [-0.2, -0.15) is 0 Å². The summed E-state index contributed by atoms with van der Waals surface area (Å²) < 4.78 is 10.8. The molecule has 0 spiro atoms. The van der Waals surface area contributed by atoms with Gasteiger partial charge in [0.05, 0.1) is 5.56 Å². The van der Waals surface area contributed by atoms with Gasteiger partial charge in [0.15, 0.2) is 0 Å². The molecule has 0 aliphatic carbocycles. The topological polar surface area (TPSA) is 81.2 Å². The fourth-order valence-electron chi connectivity index (χ4n) is 2.08. The van der Waals surface area contributed by atoms with E-state index in [-0.39, 0.29) is 17.5 Å². The quantitative estimate of drug-likeness (QED) is 0.750. The molecule has 0 atom stereocenters. The van der Waals surface area contributed by atoms with Crippen molar-refractivity contribution >= 4 is 35.1 Å². The number of anilines is 1. The minimum absolute atomic E-state index is 0.0284. The monoisotopic (exact) mass is 351 g/mol. The van der Waals surface area contributed by atoms with Crippen molar-refractivity contribution in [2.24, 2.45) is 0 Å². The van der Waals surface area contributed by atoms with Gasteiger partial charge in [-0.3, -0.25) is 10.1 Å². The van der Waals surface area contributed by atoms with Gasteiger partial charge in [0.25, 0.3) is 11.8 Å². The number of aromatic nitrogens is 2. The molecule has 1 N–H and O–H groups in total. The van der Waals surface area contributed by atoms with E-state index in [0.29, 0.717) is 21.4 Å². The van der Waals surface area contributed by atoms with Crippen LogP contribution in [0.25, 0.3) is 11.5 Å². The predicted molar refractivity (Wildman–Crippen MR) is 85.9 cm³/mol. The normalized spacial score (nSPS) is 10.8. The fraction of sp³-hybridized carbons (Fsp3) is 0.133. The first-order valence-electron chi connectivity index (χ1n) is 6.61. The Kier molecular flexibility index (Phi) is 4.11. The van der Waals surface area contributed by atoms with Gasteiger partial charge in [-0.1, -0.05) is 28.3 Å². The SMILES string of the molecule is Cc1cc(-c2nnc(NC(=O)c3cc(Cl)cc(Cl)c3)o2)c(C)o1. The lowest BCUT2D eigenvalue weighted by Gasteiger charge is -2.02. The minimum Gasteiger partial charge on any atom is -0.466 e. The number of halogens is 2. The van der Waals surface area contributed by atoms with E-state index >= 15 is 0 Å². The molecule has 0 fully saturated rings. The van der Waals surface area contributed by atoms with E-state index in [1.807, 2.05) is 6.92 Å². The highest BCUT2D eigenvalue weighted by molar-refractivity contribution is 6.35. The largest absolute Gasteiger partial charge is 0.466 e. The number of rotatable bonds is 3. The second-order valence-electron chi connectivity index (χ2n) is 4.85. The molecular weight excluding hydrogens is 341 g/mol. The van der Waals surface area contributed by atoms with Crippen molar-refractivity contribution in [3.05, 3.63) is 51.4 Å². The molecule has 1 amide bonds. The number of aryl methyl sites for hydroxylation is 2. The molecule has 1 aromatic carbocycles. The Balaban J connectivity index is 1.81. The van der Waals surface area contributed by atoms with Crippen molar-refractivity contribution in [2.45, 2.75) is 13.8 Å². The first-order chi connectivity index (χ1) is 10.9. The lowest BCUT2D eigenvalue weighted by atomic mass is 10.2. The predicted octanol–water partition coefficient (Wildman–Crippen LogP) is 4.51. The van der Waals surface area contributed by atoms with Crippen molar-refractivity contribution in [3.8, 4) is 11.5 Å². The highest BCUT2D eigenvalue weighted by Gasteiger charge is 2.17. The zero-order valence-corrected chi connectivity index (χ0v) is 13.7. The number of hydrogen-bond donors (Lipinski definition) is 1. The Morgan fingerprint density at radius 2 is 1.74 bits per heavy atom. The van der Waals surface area contributed by atoms with Crippen molar-refractivity contribution in [3.63, 3.8) is 0 Å². The standard InChI is InChI=1S/C15H11Cl2N3O3/c1-7-3-12(8(2)22-7)14-19-20-15(23-14)18-13(21)9-4-10(16)6-11(17)5-9/h3-6H,1-2H3,(H,18,20,21). The third-order valence-corrected chi connectivity index (χ3v) is 3.48. The van der Waals surface area contributed by atoms with Gasteiger partial charge < -0.3 is 8.83 Å². The zero-order chi connectivity index (χ0) is 16.6. The van der Waals surface area contributed by atoms with Crippen LogP contribution in [0.2, 0.25) is 10.0 Å². The number of carbonyl (C=O) groups excluding carboxylic acids is 1. The van der Waals surface area contributed by atoms with Gasteiger partial charge in [0.2, 0.25) is 0 Å². The lowest BCUT2D eigenvalue weighted by Crippen LogP contribution is -2.12. The maximum Gasteiger partial charge on any atom is 0.322 e. The smallest absolute Gasteiger partial charge is 0.322 e. The molecule has 3 rings (SSSR count). The Bertz CT molecular complexity index is 866. The number of hydrogen-bond acceptors (Lipinski definition) is 5. The van der Waals surface area contributed by atoms with Crippen LogP contribution in [0.5, 0.6) is 0 Å². The maximum absolute atomic E-state index is 12.2. The van der Waals surface area contributed by atoms with Crippen LogP contribution in [0, 0.1) is 13.8 Å². The van der Waals surface area contributed by atoms with E-state index < -0.39 is 5.91 Å². The van der Waals surface area contributed by atoms with Crippen LogP contribution in [0.1, 0.15) is 21.9 Å². The first kappa shape index (κ1) is 15.6. The van der Waals surface area contributed by atoms with Crippen LogP contribution in [-0.4, -0.2) is 16.1 Å². The van der Waals surface area contributed by atoms with Crippen LogP contribution >= 0.6 is 23.2 Å². The van der Waals surface area contributed by atoms with E-state index in [1.165, 1.54) is 18.2 Å². The van der Waals surface area contributed by atoms with Gasteiger partial charge in [-0.05, 0) is 38.1 Å². The van der Waals surface area contributed by atoms with Gasteiger partial charge in [-0.25, -0.2) is 0 Å². The summed E-state index contributed by atoms with van der Waals surface area (Å²) >= 11 is 11.7. The zero-order valence-electron chi connectivity index (χ0n) is 12.2. The fourth-order valence-corrected chi connectivity index (χ4v) is 2.61. The average Bonchev–Trinajstić information content (AvgIpc) is 3.04. The van der Waals surface area contributed by atoms with Crippen molar-refractivity contribution in [1.29, 1.82) is 0 Å². The molecule has 2 heterocycles. The molecule has 0 aliphatic rings. The summed E-state index contributed by atoms with van der Waals surface area (Å²) in [5, 5.41) is 10.9. The van der Waals surface area contributed by atoms with Crippen LogP contribution in [-0.2, 0) is 0 Å². The van der Waals surface area contributed by atoms with E-state index in [0.717, 1.165) is 5.76 Å². The number of furan rings is 1. The average molecular weight is 352 g/mol. The van der Waals surface area contributed by atoms with E-state index in [1.54, 1.807) is 13.0 Å². The number of nitrogens with one attached hydrogen (secondary N) is 1.